The topological polar surface area (TPSA) is 17.1 Å². The number of hydrogen-bond donors (Lipinski definition) is 0. The Labute approximate surface area is 107 Å². The van der Waals surface area contributed by atoms with Gasteiger partial charge in [-0.2, -0.15) is 0 Å². The van der Waals surface area contributed by atoms with E-state index in [9.17, 15) is 4.79 Å². The predicted molar refractivity (Wildman–Crippen MR) is 74.0 cm³/mol. The molecule has 0 bridgehead atoms. The first kappa shape index (κ1) is 14.7. The van der Waals surface area contributed by atoms with Crippen molar-refractivity contribution < 1.29 is 4.79 Å². The van der Waals surface area contributed by atoms with Crippen molar-refractivity contribution in [1.29, 1.82) is 0 Å². The number of hydrogen-bond acceptors (Lipinski definition) is 1. The summed E-state index contributed by atoms with van der Waals surface area (Å²) in [5, 5.41) is 0. The van der Waals surface area contributed by atoms with Crippen LogP contribution in [-0.2, 0) is 4.79 Å². The fraction of sp³-hybridized carbons (Fsp3) is 0.938. The van der Waals surface area contributed by atoms with E-state index in [-0.39, 0.29) is 0 Å². The molecule has 17 heavy (non-hydrogen) atoms. The van der Waals surface area contributed by atoms with Crippen molar-refractivity contribution in [3.63, 3.8) is 0 Å². The molecule has 0 aromatic carbocycles. The molecule has 100 valence electrons. The van der Waals surface area contributed by atoms with Crippen molar-refractivity contribution >= 4 is 5.78 Å². The first-order valence-electron chi connectivity index (χ1n) is 7.30. The van der Waals surface area contributed by atoms with Crippen LogP contribution in [0.5, 0.6) is 0 Å². The Morgan fingerprint density at radius 2 is 1.94 bits per heavy atom. The lowest BCUT2D eigenvalue weighted by Gasteiger charge is -2.28. The summed E-state index contributed by atoms with van der Waals surface area (Å²) in [5.41, 5.74) is 0.347. The van der Waals surface area contributed by atoms with Crippen molar-refractivity contribution in [2.24, 2.45) is 23.2 Å². The molecule has 1 nitrogen and oxygen atoms in total. The first-order valence-corrected chi connectivity index (χ1v) is 7.30. The molecule has 0 radical (unpaired) electrons. The van der Waals surface area contributed by atoms with E-state index in [0.717, 1.165) is 31.6 Å². The van der Waals surface area contributed by atoms with Crippen LogP contribution < -0.4 is 0 Å². The minimum atomic E-state index is 0.347. The van der Waals surface area contributed by atoms with Gasteiger partial charge in [0.1, 0.15) is 5.78 Å². The number of Topliss-reactive ketones (excluding diaryl/α,β-unsaturated/α-hetero) is 1. The first-order chi connectivity index (χ1) is 7.78. The summed E-state index contributed by atoms with van der Waals surface area (Å²) < 4.78 is 0. The molecule has 0 saturated heterocycles. The van der Waals surface area contributed by atoms with Crippen LogP contribution >= 0.6 is 0 Å². The largest absolute Gasteiger partial charge is 0.299 e. The minimum absolute atomic E-state index is 0.347. The Morgan fingerprint density at radius 3 is 2.47 bits per heavy atom. The van der Waals surface area contributed by atoms with Crippen molar-refractivity contribution in [3.05, 3.63) is 0 Å². The zero-order valence-corrected chi connectivity index (χ0v) is 12.4. The van der Waals surface area contributed by atoms with Crippen molar-refractivity contribution in [3.8, 4) is 0 Å². The molecule has 1 aliphatic rings. The molecule has 0 aromatic rings. The molecule has 1 rings (SSSR count). The summed E-state index contributed by atoms with van der Waals surface area (Å²) in [6.45, 7) is 11.3. The fourth-order valence-corrected chi connectivity index (χ4v) is 3.35. The van der Waals surface area contributed by atoms with Crippen molar-refractivity contribution in [2.75, 3.05) is 0 Å². The third-order valence-electron chi connectivity index (χ3n) is 3.90. The molecule has 1 fully saturated rings. The average Bonchev–Trinajstić information content (AvgIpc) is 2.14. The normalized spacial score (nSPS) is 27.8. The molecule has 3 atom stereocenters. The molecule has 0 N–H and O–H groups in total. The Kier molecular flexibility index (Phi) is 5.22. The Balaban J connectivity index is 2.38. The van der Waals surface area contributed by atoms with Crippen molar-refractivity contribution in [2.45, 2.75) is 73.1 Å². The van der Waals surface area contributed by atoms with Gasteiger partial charge in [0.2, 0.25) is 0 Å². The molecular weight excluding hydrogens is 208 g/mol. The SMILES string of the molecule is CC1CCCC(C(=O)CC(C)CC(C)(C)C)C1. The van der Waals surface area contributed by atoms with Gasteiger partial charge in [-0.05, 0) is 36.5 Å². The van der Waals surface area contributed by atoms with Gasteiger partial charge in [-0.1, -0.05) is 47.5 Å². The zero-order valence-electron chi connectivity index (χ0n) is 12.4. The second-order valence-electron chi connectivity index (χ2n) is 7.51. The molecule has 1 saturated carbocycles. The zero-order chi connectivity index (χ0) is 13.1. The highest BCUT2D eigenvalue weighted by Gasteiger charge is 2.26. The van der Waals surface area contributed by atoms with Crippen LogP contribution in [0.4, 0.5) is 0 Å². The number of rotatable bonds is 4. The maximum atomic E-state index is 12.2. The third-order valence-corrected chi connectivity index (χ3v) is 3.90. The molecule has 0 aromatic heterocycles. The van der Waals surface area contributed by atoms with Gasteiger partial charge in [0.15, 0.2) is 0 Å². The minimum Gasteiger partial charge on any atom is -0.299 e. The summed E-state index contributed by atoms with van der Waals surface area (Å²) in [5.74, 6) is 2.21. The lowest BCUT2D eigenvalue weighted by atomic mass is 9.76. The maximum Gasteiger partial charge on any atom is 0.136 e. The van der Waals surface area contributed by atoms with E-state index < -0.39 is 0 Å². The molecule has 3 unspecified atom stereocenters. The summed E-state index contributed by atoms with van der Waals surface area (Å²) in [6, 6.07) is 0. The average molecular weight is 238 g/mol. The number of carbonyl (C=O) groups is 1. The standard InChI is InChI=1S/C16H30O/c1-12-7-6-8-14(9-12)15(17)10-13(2)11-16(3,4)5/h12-14H,6-11H2,1-5H3. The molecule has 1 heteroatoms. The van der Waals surface area contributed by atoms with Crippen LogP contribution in [0, 0.1) is 23.2 Å². The van der Waals surface area contributed by atoms with E-state index in [1.54, 1.807) is 0 Å². The molecular formula is C16H30O. The maximum absolute atomic E-state index is 12.2. The number of carbonyl (C=O) groups excluding carboxylic acids is 1. The quantitative estimate of drug-likeness (QED) is 0.684. The summed E-state index contributed by atoms with van der Waals surface area (Å²) >= 11 is 0. The summed E-state index contributed by atoms with van der Waals surface area (Å²) in [7, 11) is 0. The van der Waals surface area contributed by atoms with E-state index in [2.05, 4.69) is 34.6 Å². The Hall–Kier alpha value is -0.330. The molecule has 0 spiro atoms. The van der Waals surface area contributed by atoms with Crippen molar-refractivity contribution in [1.82, 2.24) is 0 Å². The van der Waals surface area contributed by atoms with Crippen LogP contribution in [0.25, 0.3) is 0 Å². The highest BCUT2D eigenvalue weighted by molar-refractivity contribution is 5.81. The highest BCUT2D eigenvalue weighted by atomic mass is 16.1. The third kappa shape index (κ3) is 5.70. The van der Waals surface area contributed by atoms with Crippen LogP contribution in [0.2, 0.25) is 0 Å². The smallest absolute Gasteiger partial charge is 0.136 e. The molecule has 1 aliphatic carbocycles. The Bertz CT molecular complexity index is 249. The van der Waals surface area contributed by atoms with E-state index >= 15 is 0 Å². The number of ketones is 1. The summed E-state index contributed by atoms with van der Waals surface area (Å²) in [6.07, 6.45) is 6.81. The van der Waals surface area contributed by atoms with Crippen LogP contribution in [-0.4, -0.2) is 5.78 Å². The van der Waals surface area contributed by atoms with Gasteiger partial charge in [-0.15, -0.1) is 0 Å². The van der Waals surface area contributed by atoms with Gasteiger partial charge >= 0.3 is 0 Å². The fourth-order valence-electron chi connectivity index (χ4n) is 3.35. The molecule has 0 aliphatic heterocycles. The van der Waals surface area contributed by atoms with Gasteiger partial charge < -0.3 is 0 Å². The van der Waals surface area contributed by atoms with Gasteiger partial charge in [0.05, 0.1) is 0 Å². The predicted octanol–water partition coefficient (Wildman–Crippen LogP) is 4.84. The monoisotopic (exact) mass is 238 g/mol. The molecule has 0 amide bonds. The highest BCUT2D eigenvalue weighted by Crippen LogP contribution is 2.32. The second-order valence-corrected chi connectivity index (χ2v) is 7.51. The van der Waals surface area contributed by atoms with Gasteiger partial charge in [-0.25, -0.2) is 0 Å². The van der Waals surface area contributed by atoms with Crippen LogP contribution in [0.1, 0.15) is 73.1 Å². The van der Waals surface area contributed by atoms with E-state index in [1.807, 2.05) is 0 Å². The van der Waals surface area contributed by atoms with E-state index in [4.69, 9.17) is 0 Å². The molecule has 0 heterocycles. The van der Waals surface area contributed by atoms with E-state index in [0.29, 0.717) is 23.0 Å². The summed E-state index contributed by atoms with van der Waals surface area (Å²) in [4.78, 5) is 12.2. The second kappa shape index (κ2) is 6.02. The van der Waals surface area contributed by atoms with Gasteiger partial charge in [-0.3, -0.25) is 4.79 Å². The van der Waals surface area contributed by atoms with Gasteiger partial charge in [0.25, 0.3) is 0 Å². The van der Waals surface area contributed by atoms with Gasteiger partial charge in [0, 0.05) is 12.3 Å². The van der Waals surface area contributed by atoms with E-state index in [1.165, 1.54) is 12.8 Å². The lowest BCUT2D eigenvalue weighted by Crippen LogP contribution is -2.24. The lowest BCUT2D eigenvalue weighted by molar-refractivity contribution is -0.125. The Morgan fingerprint density at radius 1 is 1.29 bits per heavy atom. The van der Waals surface area contributed by atoms with Crippen LogP contribution in [0.15, 0.2) is 0 Å². The van der Waals surface area contributed by atoms with Crippen LogP contribution in [0.3, 0.4) is 0 Å².